The van der Waals surface area contributed by atoms with Crippen LogP contribution < -0.4 is 10.4 Å². The molecule has 17 heavy (non-hydrogen) atoms. The van der Waals surface area contributed by atoms with Crippen molar-refractivity contribution in [1.82, 2.24) is 4.98 Å². The molecule has 0 radical (unpaired) electrons. The number of hydrogen-bond donors (Lipinski definition) is 1. The smallest absolute Gasteiger partial charge is 0.226 e. The first-order chi connectivity index (χ1) is 8.15. The first-order valence-electron chi connectivity index (χ1n) is 5.00. The quantitative estimate of drug-likeness (QED) is 0.867. The molecule has 1 N–H and O–H groups in total. The van der Waals surface area contributed by atoms with Crippen molar-refractivity contribution in [3.63, 3.8) is 0 Å². The number of thiazole rings is 1. The Morgan fingerprint density at radius 3 is 2.76 bits per heavy atom. The van der Waals surface area contributed by atoms with Crippen molar-refractivity contribution in [2.45, 2.75) is 12.8 Å². The number of hydrogen-bond acceptors (Lipinski definition) is 5. The second kappa shape index (κ2) is 4.92. The van der Waals surface area contributed by atoms with Gasteiger partial charge in [0.15, 0.2) is 5.13 Å². The topological polar surface area (TPSA) is 82.1 Å². The van der Waals surface area contributed by atoms with Gasteiger partial charge in [0.05, 0.1) is 10.2 Å². The molecular formula is C11H9N2O3S-. The normalized spacial score (nSPS) is 10.4. The molecule has 0 aliphatic carbocycles. The van der Waals surface area contributed by atoms with E-state index in [1.165, 1.54) is 11.3 Å². The van der Waals surface area contributed by atoms with E-state index >= 15 is 0 Å². The molecule has 0 aliphatic rings. The molecule has 0 aliphatic heterocycles. The third-order valence-electron chi connectivity index (χ3n) is 2.10. The Hall–Kier alpha value is -1.95. The summed E-state index contributed by atoms with van der Waals surface area (Å²) >= 11 is 1.35. The van der Waals surface area contributed by atoms with Crippen LogP contribution in [0.15, 0.2) is 24.3 Å². The number of carbonyl (C=O) groups excluding carboxylic acids is 2. The van der Waals surface area contributed by atoms with Crippen LogP contribution in [0.1, 0.15) is 12.8 Å². The summed E-state index contributed by atoms with van der Waals surface area (Å²) in [5, 5.41) is 13.2. The van der Waals surface area contributed by atoms with E-state index in [1.54, 1.807) is 0 Å². The number of anilines is 1. The summed E-state index contributed by atoms with van der Waals surface area (Å²) in [6.45, 7) is 0. The number of benzene rings is 1. The zero-order valence-corrected chi connectivity index (χ0v) is 9.62. The average molecular weight is 249 g/mol. The Balaban J connectivity index is 2.03. The summed E-state index contributed by atoms with van der Waals surface area (Å²) < 4.78 is 0.975. The predicted molar refractivity (Wildman–Crippen MR) is 62.5 cm³/mol. The van der Waals surface area contributed by atoms with Gasteiger partial charge in [0.1, 0.15) is 0 Å². The van der Waals surface area contributed by atoms with Crippen molar-refractivity contribution in [2.24, 2.45) is 0 Å². The van der Waals surface area contributed by atoms with Crippen molar-refractivity contribution < 1.29 is 14.7 Å². The Morgan fingerprint density at radius 1 is 1.29 bits per heavy atom. The summed E-state index contributed by atoms with van der Waals surface area (Å²) in [5.74, 6) is -1.60. The van der Waals surface area contributed by atoms with Gasteiger partial charge in [-0.25, -0.2) is 4.98 Å². The summed E-state index contributed by atoms with van der Waals surface area (Å²) in [5.41, 5.74) is 0.813. The monoisotopic (exact) mass is 249 g/mol. The first kappa shape index (κ1) is 11.5. The van der Waals surface area contributed by atoms with Crippen LogP contribution in [0, 0.1) is 0 Å². The van der Waals surface area contributed by atoms with Gasteiger partial charge in [0.2, 0.25) is 5.91 Å². The van der Waals surface area contributed by atoms with E-state index < -0.39 is 5.97 Å². The molecule has 0 bridgehead atoms. The third kappa shape index (κ3) is 3.01. The SMILES string of the molecule is O=C([O-])CCC(=O)Nc1nc2ccccc2s1. The average Bonchev–Trinajstić information content (AvgIpc) is 2.68. The van der Waals surface area contributed by atoms with Crippen LogP contribution in [-0.4, -0.2) is 16.9 Å². The van der Waals surface area contributed by atoms with Gasteiger partial charge in [0, 0.05) is 12.4 Å². The van der Waals surface area contributed by atoms with Gasteiger partial charge in [-0.1, -0.05) is 23.5 Å². The molecule has 0 saturated heterocycles. The van der Waals surface area contributed by atoms with Gasteiger partial charge in [-0.15, -0.1) is 0 Å². The second-order valence-corrected chi connectivity index (χ2v) is 4.44. The van der Waals surface area contributed by atoms with Gasteiger partial charge in [-0.05, 0) is 18.6 Å². The Labute approximate surface area is 101 Å². The second-order valence-electron chi connectivity index (χ2n) is 3.41. The van der Waals surface area contributed by atoms with Crippen molar-refractivity contribution in [2.75, 3.05) is 5.32 Å². The Bertz CT molecular complexity index is 532. The van der Waals surface area contributed by atoms with Gasteiger partial charge in [0.25, 0.3) is 0 Å². The summed E-state index contributed by atoms with van der Waals surface area (Å²) in [4.78, 5) is 25.8. The zero-order valence-electron chi connectivity index (χ0n) is 8.80. The number of fused-ring (bicyclic) bond motifs is 1. The van der Waals surface area contributed by atoms with Crippen LogP contribution in [0.5, 0.6) is 0 Å². The molecule has 2 rings (SSSR count). The van der Waals surface area contributed by atoms with Crippen molar-refractivity contribution in [1.29, 1.82) is 0 Å². The number of rotatable bonds is 4. The number of carboxylic acids is 1. The van der Waals surface area contributed by atoms with Gasteiger partial charge in [-0.3, -0.25) is 4.79 Å². The number of aliphatic carboxylic acids is 1. The molecule has 1 amide bonds. The highest BCUT2D eigenvalue weighted by Gasteiger charge is 2.07. The maximum atomic E-state index is 11.4. The van der Waals surface area contributed by atoms with Crippen LogP contribution in [0.3, 0.4) is 0 Å². The highest BCUT2D eigenvalue weighted by Crippen LogP contribution is 2.25. The van der Waals surface area contributed by atoms with Crippen LogP contribution in [-0.2, 0) is 9.59 Å². The largest absolute Gasteiger partial charge is 0.550 e. The van der Waals surface area contributed by atoms with Gasteiger partial charge >= 0.3 is 0 Å². The summed E-state index contributed by atoms with van der Waals surface area (Å²) in [7, 11) is 0. The summed E-state index contributed by atoms with van der Waals surface area (Å²) in [6, 6.07) is 7.51. The molecule has 0 unspecified atom stereocenters. The molecule has 0 saturated carbocycles. The standard InChI is InChI=1S/C11H10N2O3S/c14-9(5-6-10(15)16)13-11-12-7-3-1-2-4-8(7)17-11/h1-4H,5-6H2,(H,15,16)(H,12,13,14)/p-1. The lowest BCUT2D eigenvalue weighted by molar-refractivity contribution is -0.305. The molecule has 0 atom stereocenters. The fourth-order valence-electron chi connectivity index (χ4n) is 1.32. The van der Waals surface area contributed by atoms with Crippen LogP contribution in [0.2, 0.25) is 0 Å². The molecule has 0 spiro atoms. The molecule has 1 aromatic carbocycles. The minimum Gasteiger partial charge on any atom is -0.550 e. The molecule has 6 heteroatoms. The third-order valence-corrected chi connectivity index (χ3v) is 3.05. The zero-order chi connectivity index (χ0) is 12.3. The lowest BCUT2D eigenvalue weighted by atomic mass is 10.3. The number of nitrogens with zero attached hydrogens (tertiary/aromatic N) is 1. The number of carboxylic acid groups (broad SMARTS) is 1. The highest BCUT2D eigenvalue weighted by molar-refractivity contribution is 7.22. The van der Waals surface area contributed by atoms with Crippen LogP contribution in [0.25, 0.3) is 10.2 Å². The molecule has 1 aromatic heterocycles. The lowest BCUT2D eigenvalue weighted by Gasteiger charge is -2.01. The first-order valence-corrected chi connectivity index (χ1v) is 5.82. The lowest BCUT2D eigenvalue weighted by Crippen LogP contribution is -2.24. The van der Waals surface area contributed by atoms with Crippen molar-refractivity contribution >= 4 is 38.6 Å². The minimum atomic E-state index is -1.23. The number of para-hydroxylation sites is 1. The minimum absolute atomic E-state index is 0.0989. The number of amides is 1. The van der Waals surface area contributed by atoms with Crippen molar-refractivity contribution in [3.8, 4) is 0 Å². The fourth-order valence-corrected chi connectivity index (χ4v) is 2.21. The number of aromatic nitrogens is 1. The molecule has 0 fully saturated rings. The Morgan fingerprint density at radius 2 is 2.06 bits per heavy atom. The highest BCUT2D eigenvalue weighted by atomic mass is 32.1. The van der Waals surface area contributed by atoms with E-state index in [0.717, 1.165) is 10.2 Å². The van der Waals surface area contributed by atoms with E-state index in [1.807, 2.05) is 24.3 Å². The van der Waals surface area contributed by atoms with Crippen LogP contribution >= 0.6 is 11.3 Å². The number of carbonyl (C=O) groups is 2. The molecule has 88 valence electrons. The predicted octanol–water partition coefficient (Wildman–Crippen LogP) is 0.765. The van der Waals surface area contributed by atoms with Gasteiger partial charge < -0.3 is 15.2 Å². The van der Waals surface area contributed by atoms with E-state index in [2.05, 4.69) is 10.3 Å². The molecule has 2 aromatic rings. The van der Waals surface area contributed by atoms with E-state index in [4.69, 9.17) is 0 Å². The van der Waals surface area contributed by atoms with E-state index in [9.17, 15) is 14.7 Å². The molecule has 5 nitrogen and oxygen atoms in total. The molecule has 1 heterocycles. The van der Waals surface area contributed by atoms with E-state index in [0.29, 0.717) is 5.13 Å². The van der Waals surface area contributed by atoms with Crippen molar-refractivity contribution in [3.05, 3.63) is 24.3 Å². The summed E-state index contributed by atoms with van der Waals surface area (Å²) in [6.07, 6.45) is -0.380. The Kier molecular flexibility index (Phi) is 3.34. The van der Waals surface area contributed by atoms with Crippen LogP contribution in [0.4, 0.5) is 5.13 Å². The maximum absolute atomic E-state index is 11.4. The van der Waals surface area contributed by atoms with E-state index in [-0.39, 0.29) is 18.7 Å². The fraction of sp³-hybridized carbons (Fsp3) is 0.182. The molecular weight excluding hydrogens is 240 g/mol. The maximum Gasteiger partial charge on any atom is 0.226 e. The number of nitrogens with one attached hydrogen (secondary N) is 1. The van der Waals surface area contributed by atoms with Gasteiger partial charge in [-0.2, -0.15) is 0 Å².